The second-order valence-corrected chi connectivity index (χ2v) is 3.89. The average Bonchev–Trinajstić information content (AvgIpc) is 2.87. The first-order valence-corrected chi connectivity index (χ1v) is 5.68. The molecule has 0 aliphatic rings. The van der Waals surface area contributed by atoms with Crippen molar-refractivity contribution in [1.29, 1.82) is 0 Å². The first-order valence-electron chi connectivity index (χ1n) is 5.68. The van der Waals surface area contributed by atoms with Crippen LogP contribution in [0.1, 0.15) is 0 Å². The normalized spacial score (nSPS) is 11.6. The van der Waals surface area contributed by atoms with E-state index in [1.54, 1.807) is 19.2 Å². The molecule has 0 saturated heterocycles. The van der Waals surface area contributed by atoms with Gasteiger partial charge in [-0.25, -0.2) is 4.39 Å². The van der Waals surface area contributed by atoms with Gasteiger partial charge in [0.1, 0.15) is 12.4 Å². The smallest absolute Gasteiger partial charge is 0.204 e. The van der Waals surface area contributed by atoms with E-state index < -0.39 is 0 Å². The molecular formula is C12H14FN5O. The van der Waals surface area contributed by atoms with E-state index in [0.717, 1.165) is 5.56 Å². The monoisotopic (exact) mass is 263 g/mol. The molecule has 7 heteroatoms. The third-order valence-corrected chi connectivity index (χ3v) is 2.46. The maximum atomic E-state index is 12.3. The lowest BCUT2D eigenvalue weighted by atomic mass is 10.2. The highest BCUT2D eigenvalue weighted by molar-refractivity contribution is 5.55. The van der Waals surface area contributed by atoms with Gasteiger partial charge in [0.15, 0.2) is 0 Å². The lowest BCUT2D eigenvalue weighted by Crippen LogP contribution is -2.10. The van der Waals surface area contributed by atoms with Gasteiger partial charge in [-0.15, -0.1) is 10.2 Å². The van der Waals surface area contributed by atoms with Gasteiger partial charge in [0.25, 0.3) is 0 Å². The number of hydrogen-bond donors (Lipinski definition) is 1. The minimum atomic E-state index is 0.135. The summed E-state index contributed by atoms with van der Waals surface area (Å²) in [7, 11) is 1.70. The summed E-state index contributed by atoms with van der Waals surface area (Å²) in [6.07, 6.45) is 0.470. The van der Waals surface area contributed by atoms with Crippen LogP contribution in [0, 0.1) is 0 Å². The van der Waals surface area contributed by atoms with E-state index >= 15 is 0 Å². The number of nitrogens with zero attached hydrogens (tertiary/aromatic N) is 4. The van der Waals surface area contributed by atoms with Crippen molar-refractivity contribution in [2.24, 2.45) is 12.8 Å². The fraction of sp³-hybridized carbons (Fsp3) is 0.250. The maximum Gasteiger partial charge on any atom is 0.204 e. The molecule has 0 saturated carbocycles. The van der Waals surface area contributed by atoms with Crippen molar-refractivity contribution in [1.82, 2.24) is 20.2 Å². The van der Waals surface area contributed by atoms with Crippen LogP contribution in [-0.4, -0.2) is 33.4 Å². The third kappa shape index (κ3) is 3.35. The molecule has 100 valence electrons. The Bertz CT molecular complexity index is 564. The Morgan fingerprint density at radius 1 is 1.42 bits per heavy atom. The molecule has 0 amide bonds. The molecule has 2 aromatic rings. The second-order valence-electron chi connectivity index (χ2n) is 3.89. The first-order chi connectivity index (χ1) is 9.22. The van der Waals surface area contributed by atoms with Crippen LogP contribution in [0.3, 0.4) is 0 Å². The summed E-state index contributed by atoms with van der Waals surface area (Å²) >= 11 is 0. The van der Waals surface area contributed by atoms with E-state index in [0.29, 0.717) is 23.5 Å². The number of ether oxygens (including phenoxy) is 1. The summed E-state index contributed by atoms with van der Waals surface area (Å²) in [4.78, 5) is 1.39. The standard InChI is InChI=1S/C12H14FN5O/c1-18-16-12(15-17-18)10-2-4-11(5-3-10)19-8-9(6-13)7-14/h2-6H,7-8,14H2,1H3/b9-6+. The molecule has 1 aromatic carbocycles. The van der Waals surface area contributed by atoms with E-state index in [9.17, 15) is 4.39 Å². The van der Waals surface area contributed by atoms with Gasteiger partial charge < -0.3 is 10.5 Å². The fourth-order valence-electron chi connectivity index (χ4n) is 1.41. The van der Waals surface area contributed by atoms with Crippen LogP contribution in [0.5, 0.6) is 5.75 Å². The van der Waals surface area contributed by atoms with Crippen molar-refractivity contribution in [2.45, 2.75) is 0 Å². The van der Waals surface area contributed by atoms with Crippen LogP contribution >= 0.6 is 0 Å². The van der Waals surface area contributed by atoms with Gasteiger partial charge in [-0.1, -0.05) is 0 Å². The largest absolute Gasteiger partial charge is 0.489 e. The number of rotatable bonds is 5. The quantitative estimate of drug-likeness (QED) is 0.872. The summed E-state index contributed by atoms with van der Waals surface area (Å²) < 4.78 is 17.7. The van der Waals surface area contributed by atoms with Crippen LogP contribution < -0.4 is 10.5 Å². The van der Waals surface area contributed by atoms with Crippen LogP contribution in [0.25, 0.3) is 11.4 Å². The van der Waals surface area contributed by atoms with Gasteiger partial charge in [0.2, 0.25) is 5.82 Å². The number of hydrogen-bond acceptors (Lipinski definition) is 5. The summed E-state index contributed by atoms with van der Waals surface area (Å²) in [6.45, 7) is 0.272. The molecular weight excluding hydrogens is 249 g/mol. The molecule has 1 heterocycles. The summed E-state index contributed by atoms with van der Waals surface area (Å²) in [6, 6.07) is 7.15. The fourth-order valence-corrected chi connectivity index (χ4v) is 1.41. The number of aryl methyl sites for hydroxylation is 1. The van der Waals surface area contributed by atoms with Gasteiger partial charge in [0, 0.05) is 17.7 Å². The molecule has 0 atom stereocenters. The number of benzene rings is 1. The Balaban J connectivity index is 2.02. The zero-order valence-electron chi connectivity index (χ0n) is 10.5. The number of tetrazole rings is 1. The maximum absolute atomic E-state index is 12.3. The molecule has 6 nitrogen and oxygen atoms in total. The molecule has 0 bridgehead atoms. The van der Waals surface area contributed by atoms with Crippen LogP contribution in [0.4, 0.5) is 4.39 Å². The minimum absolute atomic E-state index is 0.135. The zero-order valence-corrected chi connectivity index (χ0v) is 10.5. The Morgan fingerprint density at radius 3 is 2.68 bits per heavy atom. The SMILES string of the molecule is Cn1nnc(-c2ccc(OC/C(=C/F)CN)cc2)n1. The van der Waals surface area contributed by atoms with Gasteiger partial charge in [-0.05, 0) is 29.5 Å². The van der Waals surface area contributed by atoms with E-state index in [2.05, 4.69) is 15.4 Å². The van der Waals surface area contributed by atoms with Crippen molar-refractivity contribution in [2.75, 3.05) is 13.2 Å². The molecule has 2 rings (SSSR count). The topological polar surface area (TPSA) is 78.8 Å². The predicted octanol–water partition coefficient (Wildman–Crippen LogP) is 1.07. The number of nitrogens with two attached hydrogens (primary N) is 1. The van der Waals surface area contributed by atoms with Crippen molar-refractivity contribution in [3.8, 4) is 17.1 Å². The lowest BCUT2D eigenvalue weighted by molar-refractivity contribution is 0.347. The molecule has 0 unspecified atom stereocenters. The summed E-state index contributed by atoms with van der Waals surface area (Å²) in [5.74, 6) is 1.17. The summed E-state index contributed by atoms with van der Waals surface area (Å²) in [5.41, 5.74) is 6.57. The molecule has 0 fully saturated rings. The highest BCUT2D eigenvalue weighted by atomic mass is 19.1. The Hall–Kier alpha value is -2.28. The molecule has 0 radical (unpaired) electrons. The molecule has 2 N–H and O–H groups in total. The zero-order chi connectivity index (χ0) is 13.7. The lowest BCUT2D eigenvalue weighted by Gasteiger charge is -2.07. The van der Waals surface area contributed by atoms with Crippen molar-refractivity contribution < 1.29 is 9.13 Å². The van der Waals surface area contributed by atoms with Crippen molar-refractivity contribution >= 4 is 0 Å². The highest BCUT2D eigenvalue weighted by Gasteiger charge is 2.04. The van der Waals surface area contributed by atoms with Crippen LogP contribution in [0.2, 0.25) is 0 Å². The van der Waals surface area contributed by atoms with E-state index in [1.807, 2.05) is 12.1 Å². The molecule has 0 aliphatic carbocycles. The first kappa shape index (κ1) is 13.2. The Morgan fingerprint density at radius 2 is 2.16 bits per heavy atom. The van der Waals surface area contributed by atoms with Crippen molar-refractivity contribution in [3.05, 3.63) is 36.2 Å². The van der Waals surface area contributed by atoms with E-state index in [-0.39, 0.29) is 13.2 Å². The predicted molar refractivity (Wildman–Crippen MR) is 68.0 cm³/mol. The van der Waals surface area contributed by atoms with Crippen LogP contribution in [-0.2, 0) is 7.05 Å². The third-order valence-electron chi connectivity index (χ3n) is 2.46. The van der Waals surface area contributed by atoms with Crippen LogP contribution in [0.15, 0.2) is 36.2 Å². The van der Waals surface area contributed by atoms with Gasteiger partial charge in [0.05, 0.1) is 13.4 Å². The minimum Gasteiger partial charge on any atom is -0.489 e. The van der Waals surface area contributed by atoms with E-state index in [1.165, 1.54) is 4.80 Å². The number of aromatic nitrogens is 4. The molecule has 1 aromatic heterocycles. The Kier molecular flexibility index (Phi) is 4.19. The molecule has 19 heavy (non-hydrogen) atoms. The number of halogens is 1. The van der Waals surface area contributed by atoms with Gasteiger partial charge >= 0.3 is 0 Å². The molecule has 0 aliphatic heterocycles. The molecule has 0 spiro atoms. The van der Waals surface area contributed by atoms with Gasteiger partial charge in [-0.3, -0.25) is 0 Å². The van der Waals surface area contributed by atoms with Gasteiger partial charge in [-0.2, -0.15) is 4.80 Å². The average molecular weight is 263 g/mol. The summed E-state index contributed by atoms with van der Waals surface area (Å²) in [5, 5.41) is 11.8. The second kappa shape index (κ2) is 6.05. The van der Waals surface area contributed by atoms with E-state index in [4.69, 9.17) is 10.5 Å². The Labute approximate surface area is 109 Å². The van der Waals surface area contributed by atoms with Crippen molar-refractivity contribution in [3.63, 3.8) is 0 Å². The highest BCUT2D eigenvalue weighted by Crippen LogP contribution is 2.18.